The number of carbonyl (C=O) groups excluding carboxylic acids is 1. The van der Waals surface area contributed by atoms with E-state index in [4.69, 9.17) is 11.6 Å². The van der Waals surface area contributed by atoms with Gasteiger partial charge in [0.05, 0.1) is 5.92 Å². The zero-order chi connectivity index (χ0) is 19.5. The lowest BCUT2D eigenvalue weighted by molar-refractivity contribution is -0.117. The van der Waals surface area contributed by atoms with Crippen molar-refractivity contribution in [2.45, 2.75) is 25.2 Å². The first-order valence-corrected chi connectivity index (χ1v) is 10.3. The number of anilines is 2. The van der Waals surface area contributed by atoms with E-state index in [1.54, 1.807) is 6.07 Å². The molecular formula is C22H25ClFN3O. The first-order valence-electron chi connectivity index (χ1n) is 9.93. The van der Waals surface area contributed by atoms with E-state index in [-0.39, 0.29) is 17.6 Å². The topological polar surface area (TPSA) is 35.6 Å². The van der Waals surface area contributed by atoms with E-state index in [0.29, 0.717) is 0 Å². The normalized spacial score (nSPS) is 19.6. The third-order valence-electron chi connectivity index (χ3n) is 5.73. The maximum absolute atomic E-state index is 13.5. The summed E-state index contributed by atoms with van der Waals surface area (Å²) in [5.41, 5.74) is 2.75. The Bertz CT molecular complexity index is 851. The highest BCUT2D eigenvalue weighted by molar-refractivity contribution is 6.30. The predicted octanol–water partition coefficient (Wildman–Crippen LogP) is 4.51. The van der Waals surface area contributed by atoms with E-state index < -0.39 is 0 Å². The van der Waals surface area contributed by atoms with Gasteiger partial charge >= 0.3 is 0 Å². The second-order valence-corrected chi connectivity index (χ2v) is 8.01. The number of amides is 1. The summed E-state index contributed by atoms with van der Waals surface area (Å²) in [6.07, 6.45) is 2.78. The third-order valence-corrected chi connectivity index (χ3v) is 5.96. The Morgan fingerprint density at radius 1 is 1.07 bits per heavy atom. The zero-order valence-corrected chi connectivity index (χ0v) is 16.6. The molecule has 0 aromatic heterocycles. The van der Waals surface area contributed by atoms with Gasteiger partial charge in [-0.15, -0.1) is 0 Å². The molecule has 1 atom stereocenters. The predicted molar refractivity (Wildman–Crippen MR) is 112 cm³/mol. The Balaban J connectivity index is 1.21. The smallest absolute Gasteiger partial charge is 0.232 e. The molecule has 4 rings (SSSR count). The summed E-state index contributed by atoms with van der Waals surface area (Å²) in [7, 11) is 0. The van der Waals surface area contributed by atoms with Crippen LogP contribution in [0.5, 0.6) is 0 Å². The van der Waals surface area contributed by atoms with Gasteiger partial charge in [0.1, 0.15) is 5.82 Å². The molecule has 2 heterocycles. The van der Waals surface area contributed by atoms with Gasteiger partial charge in [-0.3, -0.25) is 9.69 Å². The van der Waals surface area contributed by atoms with Crippen LogP contribution in [0.25, 0.3) is 0 Å². The number of nitrogens with zero attached hydrogens (tertiary/aromatic N) is 2. The van der Waals surface area contributed by atoms with Crippen LogP contribution in [0.15, 0.2) is 42.5 Å². The minimum Gasteiger partial charge on any atom is -0.369 e. The number of benzene rings is 2. The van der Waals surface area contributed by atoms with Gasteiger partial charge in [0.25, 0.3) is 0 Å². The van der Waals surface area contributed by atoms with Gasteiger partial charge in [-0.2, -0.15) is 0 Å². The highest BCUT2D eigenvalue weighted by atomic mass is 35.5. The van der Waals surface area contributed by atoms with Gasteiger partial charge in [0.2, 0.25) is 5.91 Å². The van der Waals surface area contributed by atoms with Crippen molar-refractivity contribution in [1.29, 1.82) is 0 Å². The average molecular weight is 402 g/mol. The summed E-state index contributed by atoms with van der Waals surface area (Å²) >= 11 is 6.10. The molecule has 28 heavy (non-hydrogen) atoms. The molecule has 148 valence electrons. The number of piperazine rings is 1. The fraction of sp³-hybridized carbons (Fsp3) is 0.409. The molecule has 0 spiro atoms. The monoisotopic (exact) mass is 401 g/mol. The van der Waals surface area contributed by atoms with Crippen molar-refractivity contribution < 1.29 is 9.18 Å². The average Bonchev–Trinajstić information content (AvgIpc) is 3.00. The van der Waals surface area contributed by atoms with Crippen LogP contribution in [0, 0.1) is 5.82 Å². The number of carbonyl (C=O) groups is 1. The zero-order valence-electron chi connectivity index (χ0n) is 15.8. The third kappa shape index (κ3) is 4.31. The summed E-state index contributed by atoms with van der Waals surface area (Å²) < 4.78 is 13.5. The first-order chi connectivity index (χ1) is 13.6. The molecule has 2 aliphatic rings. The first kappa shape index (κ1) is 19.2. The van der Waals surface area contributed by atoms with Crippen LogP contribution in [0.3, 0.4) is 0 Å². The number of rotatable bonds is 6. The second kappa shape index (κ2) is 8.50. The molecule has 0 saturated carbocycles. The summed E-state index contributed by atoms with van der Waals surface area (Å²) in [4.78, 5) is 17.0. The number of nitrogens with one attached hydrogen (secondary N) is 1. The van der Waals surface area contributed by atoms with E-state index in [1.165, 1.54) is 17.8 Å². The Morgan fingerprint density at radius 2 is 1.89 bits per heavy atom. The molecule has 1 saturated heterocycles. The molecule has 1 N–H and O–H groups in total. The molecule has 0 bridgehead atoms. The van der Waals surface area contributed by atoms with Crippen molar-refractivity contribution >= 4 is 28.9 Å². The van der Waals surface area contributed by atoms with Crippen LogP contribution < -0.4 is 10.2 Å². The number of hydrogen-bond acceptors (Lipinski definition) is 3. The van der Waals surface area contributed by atoms with Crippen LogP contribution in [-0.2, 0) is 4.79 Å². The minimum atomic E-state index is -0.280. The van der Waals surface area contributed by atoms with Crippen LogP contribution in [-0.4, -0.2) is 43.5 Å². The number of halogens is 2. The molecule has 1 unspecified atom stereocenters. The molecule has 1 fully saturated rings. The highest BCUT2D eigenvalue weighted by Crippen LogP contribution is 2.36. The second-order valence-electron chi connectivity index (χ2n) is 7.58. The standard InChI is InChI=1S/C22H25ClFN3O/c23-16-4-3-5-18(14-16)27-12-10-26(11-13-27)9-2-1-6-19-20-15-17(24)7-8-21(20)25-22(19)28/h3-5,7-8,14-15,19H,1-2,6,9-13H2,(H,25,28). The van der Waals surface area contributed by atoms with Crippen LogP contribution >= 0.6 is 11.6 Å². The van der Waals surface area contributed by atoms with Crippen LogP contribution in [0.2, 0.25) is 5.02 Å². The number of hydrogen-bond donors (Lipinski definition) is 1. The van der Waals surface area contributed by atoms with Gasteiger partial charge in [0, 0.05) is 42.6 Å². The Labute approximate surface area is 170 Å². The van der Waals surface area contributed by atoms with Gasteiger partial charge < -0.3 is 10.2 Å². The van der Waals surface area contributed by atoms with Crippen molar-refractivity contribution in [3.05, 3.63) is 58.9 Å². The van der Waals surface area contributed by atoms with Gasteiger partial charge in [-0.25, -0.2) is 4.39 Å². The summed E-state index contributed by atoms with van der Waals surface area (Å²) in [5, 5.41) is 3.63. The lowest BCUT2D eigenvalue weighted by Gasteiger charge is -2.36. The minimum absolute atomic E-state index is 0.00395. The van der Waals surface area contributed by atoms with Crippen molar-refractivity contribution in [1.82, 2.24) is 4.90 Å². The van der Waals surface area contributed by atoms with Crippen molar-refractivity contribution in [2.75, 3.05) is 42.9 Å². The van der Waals surface area contributed by atoms with Crippen molar-refractivity contribution in [3.63, 3.8) is 0 Å². The molecule has 2 aromatic rings. The van der Waals surface area contributed by atoms with E-state index in [0.717, 1.165) is 68.3 Å². The molecule has 2 aliphatic heterocycles. The summed E-state index contributed by atoms with van der Waals surface area (Å²) in [6.45, 7) is 5.10. The van der Waals surface area contributed by atoms with E-state index in [1.807, 2.05) is 18.2 Å². The lowest BCUT2D eigenvalue weighted by Crippen LogP contribution is -2.46. The maximum Gasteiger partial charge on any atom is 0.232 e. The molecule has 6 heteroatoms. The van der Waals surface area contributed by atoms with Crippen molar-refractivity contribution in [2.24, 2.45) is 0 Å². The van der Waals surface area contributed by atoms with Gasteiger partial charge in [0.15, 0.2) is 0 Å². The molecule has 0 radical (unpaired) electrons. The number of fused-ring (bicyclic) bond motifs is 1. The Morgan fingerprint density at radius 3 is 2.68 bits per heavy atom. The summed E-state index contributed by atoms with van der Waals surface area (Å²) in [6, 6.07) is 12.6. The SMILES string of the molecule is O=C1Nc2ccc(F)cc2C1CCCCN1CCN(c2cccc(Cl)c2)CC1. The largest absolute Gasteiger partial charge is 0.369 e. The fourth-order valence-corrected chi connectivity index (χ4v) is 4.35. The van der Waals surface area contributed by atoms with Crippen LogP contribution in [0.1, 0.15) is 30.7 Å². The van der Waals surface area contributed by atoms with E-state index >= 15 is 0 Å². The molecular weight excluding hydrogens is 377 g/mol. The Kier molecular flexibility index (Phi) is 5.83. The molecule has 2 aromatic carbocycles. The van der Waals surface area contributed by atoms with Gasteiger partial charge in [-0.1, -0.05) is 24.1 Å². The fourth-order valence-electron chi connectivity index (χ4n) is 4.17. The number of unbranched alkanes of at least 4 members (excludes halogenated alkanes) is 1. The lowest BCUT2D eigenvalue weighted by atomic mass is 9.95. The highest BCUT2D eigenvalue weighted by Gasteiger charge is 2.30. The Hall–Kier alpha value is -2.11. The molecule has 4 nitrogen and oxygen atoms in total. The van der Waals surface area contributed by atoms with E-state index in [9.17, 15) is 9.18 Å². The molecule has 0 aliphatic carbocycles. The van der Waals surface area contributed by atoms with E-state index in [2.05, 4.69) is 21.2 Å². The summed E-state index contributed by atoms with van der Waals surface area (Å²) in [5.74, 6) is -0.501. The molecule has 1 amide bonds. The maximum atomic E-state index is 13.5. The van der Waals surface area contributed by atoms with Gasteiger partial charge in [-0.05, 0) is 61.3 Å². The van der Waals surface area contributed by atoms with Crippen LogP contribution in [0.4, 0.5) is 15.8 Å². The quantitative estimate of drug-likeness (QED) is 0.723. The van der Waals surface area contributed by atoms with Crippen molar-refractivity contribution in [3.8, 4) is 0 Å².